The molecule has 1 fully saturated rings. The Bertz CT molecular complexity index is 554. The average Bonchev–Trinajstić information content (AvgIpc) is 3.19. The van der Waals surface area contributed by atoms with E-state index in [0.29, 0.717) is 25.0 Å². The number of nitrogens with two attached hydrogens (primary N) is 1. The van der Waals surface area contributed by atoms with E-state index < -0.39 is 6.03 Å². The molecule has 0 spiro atoms. The zero-order valence-corrected chi connectivity index (χ0v) is 12.0. The number of fused-ring (bicyclic) bond motifs is 1. The van der Waals surface area contributed by atoms with Crippen LogP contribution in [0.15, 0.2) is 24.3 Å². The minimum Gasteiger partial charge on any atom is -0.351 e. The van der Waals surface area contributed by atoms with Crippen LogP contribution in [0.25, 0.3) is 0 Å². The molecule has 1 atom stereocenters. The molecule has 2 aliphatic carbocycles. The molecular formula is C16H21N3O2. The molecule has 3 N–H and O–H groups in total. The Labute approximate surface area is 124 Å². The summed E-state index contributed by atoms with van der Waals surface area (Å²) >= 11 is 0. The number of amides is 3. The molecule has 3 rings (SSSR count). The SMILES string of the molecule is NC(=O)NC(=O)CCN(C1CC1)C1CCc2ccccc21. The molecule has 0 radical (unpaired) electrons. The number of nitrogens with one attached hydrogen (secondary N) is 1. The minimum absolute atomic E-state index is 0.292. The van der Waals surface area contributed by atoms with Crippen LogP contribution in [0.3, 0.4) is 0 Å². The third-order valence-corrected chi connectivity index (χ3v) is 4.38. The highest BCUT2D eigenvalue weighted by atomic mass is 16.2. The molecule has 2 aliphatic rings. The van der Waals surface area contributed by atoms with Gasteiger partial charge in [-0.3, -0.25) is 15.0 Å². The Kier molecular flexibility index (Phi) is 3.92. The first-order valence-electron chi connectivity index (χ1n) is 7.58. The van der Waals surface area contributed by atoms with Crippen molar-refractivity contribution in [3.8, 4) is 0 Å². The highest BCUT2D eigenvalue weighted by Crippen LogP contribution is 2.41. The number of aryl methyl sites for hydroxylation is 1. The summed E-state index contributed by atoms with van der Waals surface area (Å²) in [6, 6.07) is 8.79. The summed E-state index contributed by atoms with van der Waals surface area (Å²) < 4.78 is 0. The Morgan fingerprint density at radius 3 is 2.71 bits per heavy atom. The van der Waals surface area contributed by atoms with Crippen molar-refractivity contribution in [2.75, 3.05) is 6.54 Å². The second-order valence-corrected chi connectivity index (χ2v) is 5.88. The van der Waals surface area contributed by atoms with Gasteiger partial charge in [0.1, 0.15) is 0 Å². The third-order valence-electron chi connectivity index (χ3n) is 4.38. The van der Waals surface area contributed by atoms with E-state index in [4.69, 9.17) is 5.73 Å². The van der Waals surface area contributed by atoms with Crippen molar-refractivity contribution in [3.05, 3.63) is 35.4 Å². The first kappa shape index (κ1) is 14.1. The Morgan fingerprint density at radius 1 is 1.24 bits per heavy atom. The Morgan fingerprint density at radius 2 is 2.00 bits per heavy atom. The van der Waals surface area contributed by atoms with Crippen molar-refractivity contribution in [3.63, 3.8) is 0 Å². The van der Waals surface area contributed by atoms with Crippen LogP contribution in [-0.4, -0.2) is 29.4 Å². The van der Waals surface area contributed by atoms with E-state index in [1.165, 1.54) is 24.0 Å². The largest absolute Gasteiger partial charge is 0.351 e. The number of carbonyl (C=O) groups is 2. The maximum atomic E-state index is 11.6. The van der Waals surface area contributed by atoms with Crippen LogP contribution in [0.4, 0.5) is 4.79 Å². The average molecular weight is 287 g/mol. The lowest BCUT2D eigenvalue weighted by Crippen LogP contribution is -2.38. The molecule has 3 amide bonds. The first-order chi connectivity index (χ1) is 10.1. The lowest BCUT2D eigenvalue weighted by molar-refractivity contribution is -0.120. The molecule has 0 saturated heterocycles. The third kappa shape index (κ3) is 3.24. The number of imide groups is 1. The van der Waals surface area contributed by atoms with Gasteiger partial charge in [-0.05, 0) is 36.8 Å². The number of urea groups is 1. The minimum atomic E-state index is -0.774. The van der Waals surface area contributed by atoms with E-state index in [9.17, 15) is 9.59 Å². The van der Waals surface area contributed by atoms with Gasteiger partial charge >= 0.3 is 6.03 Å². The molecule has 5 nitrogen and oxygen atoms in total. The predicted octanol–water partition coefficient (Wildman–Crippen LogP) is 1.72. The molecule has 112 valence electrons. The van der Waals surface area contributed by atoms with Crippen LogP contribution in [0.5, 0.6) is 0 Å². The van der Waals surface area contributed by atoms with E-state index >= 15 is 0 Å². The number of hydrogen-bond donors (Lipinski definition) is 2. The van der Waals surface area contributed by atoms with Gasteiger partial charge in [-0.2, -0.15) is 0 Å². The van der Waals surface area contributed by atoms with E-state index in [1.54, 1.807) is 0 Å². The molecule has 1 unspecified atom stereocenters. The lowest BCUT2D eigenvalue weighted by Gasteiger charge is -2.29. The fourth-order valence-electron chi connectivity index (χ4n) is 3.31. The van der Waals surface area contributed by atoms with Crippen LogP contribution in [0.2, 0.25) is 0 Å². The van der Waals surface area contributed by atoms with Crippen LogP contribution in [0.1, 0.15) is 42.9 Å². The molecule has 5 heteroatoms. The maximum Gasteiger partial charge on any atom is 0.318 e. The molecule has 21 heavy (non-hydrogen) atoms. The summed E-state index contributed by atoms with van der Waals surface area (Å²) in [5.41, 5.74) is 7.80. The number of hydrogen-bond acceptors (Lipinski definition) is 3. The fourth-order valence-corrected chi connectivity index (χ4v) is 3.31. The molecular weight excluding hydrogens is 266 g/mol. The number of nitrogens with zero attached hydrogens (tertiary/aromatic N) is 1. The molecule has 0 bridgehead atoms. The standard InChI is InChI=1S/C16H21N3O2/c17-16(21)18-15(20)9-10-19(12-6-7-12)14-8-5-11-3-1-2-4-13(11)14/h1-4,12,14H,5-10H2,(H3,17,18,20,21). The first-order valence-corrected chi connectivity index (χ1v) is 7.58. The van der Waals surface area contributed by atoms with Gasteiger partial charge in [0.15, 0.2) is 0 Å². The van der Waals surface area contributed by atoms with Gasteiger partial charge < -0.3 is 5.73 Å². The van der Waals surface area contributed by atoms with E-state index in [1.807, 2.05) is 0 Å². The Hall–Kier alpha value is -1.88. The van der Waals surface area contributed by atoms with Crippen molar-refractivity contribution >= 4 is 11.9 Å². The topological polar surface area (TPSA) is 75.4 Å². The van der Waals surface area contributed by atoms with Gasteiger partial charge in [0.25, 0.3) is 0 Å². The number of rotatable bonds is 5. The highest BCUT2D eigenvalue weighted by molar-refractivity contribution is 5.93. The summed E-state index contributed by atoms with van der Waals surface area (Å²) in [5, 5.41) is 2.14. The van der Waals surface area contributed by atoms with Crippen molar-refractivity contribution in [1.82, 2.24) is 10.2 Å². The Balaban J connectivity index is 1.66. The van der Waals surface area contributed by atoms with Crippen molar-refractivity contribution in [2.24, 2.45) is 5.73 Å². The summed E-state index contributed by atoms with van der Waals surface area (Å²) in [6.07, 6.45) is 4.95. The van der Waals surface area contributed by atoms with E-state index in [-0.39, 0.29) is 5.91 Å². The van der Waals surface area contributed by atoms with Crippen molar-refractivity contribution in [2.45, 2.75) is 44.2 Å². The second-order valence-electron chi connectivity index (χ2n) is 5.88. The van der Waals surface area contributed by atoms with Crippen LogP contribution in [-0.2, 0) is 11.2 Å². The number of carbonyl (C=O) groups excluding carboxylic acids is 2. The quantitative estimate of drug-likeness (QED) is 0.866. The van der Waals surface area contributed by atoms with Gasteiger partial charge in [0.05, 0.1) is 0 Å². The lowest BCUT2D eigenvalue weighted by atomic mass is 10.1. The van der Waals surface area contributed by atoms with Gasteiger partial charge in [-0.25, -0.2) is 4.79 Å². The maximum absolute atomic E-state index is 11.6. The van der Waals surface area contributed by atoms with Gasteiger partial charge in [-0.1, -0.05) is 24.3 Å². The summed E-state index contributed by atoms with van der Waals surface area (Å²) in [6.45, 7) is 0.683. The predicted molar refractivity (Wildman–Crippen MR) is 79.6 cm³/mol. The van der Waals surface area contributed by atoms with Crippen molar-refractivity contribution < 1.29 is 9.59 Å². The zero-order valence-electron chi connectivity index (χ0n) is 12.0. The summed E-state index contributed by atoms with van der Waals surface area (Å²) in [5.74, 6) is -0.292. The molecule has 0 heterocycles. The molecule has 0 aliphatic heterocycles. The van der Waals surface area contributed by atoms with E-state index in [0.717, 1.165) is 12.8 Å². The molecule has 1 aromatic rings. The van der Waals surface area contributed by atoms with E-state index in [2.05, 4.69) is 34.5 Å². The van der Waals surface area contributed by atoms with Crippen LogP contribution < -0.4 is 11.1 Å². The highest BCUT2D eigenvalue weighted by Gasteiger charge is 2.37. The summed E-state index contributed by atoms with van der Waals surface area (Å²) in [7, 11) is 0. The van der Waals surface area contributed by atoms with Crippen LogP contribution in [0, 0.1) is 0 Å². The summed E-state index contributed by atoms with van der Waals surface area (Å²) in [4.78, 5) is 24.8. The monoisotopic (exact) mass is 287 g/mol. The van der Waals surface area contributed by atoms with Gasteiger partial charge in [0, 0.05) is 25.0 Å². The number of benzene rings is 1. The number of primary amides is 1. The zero-order chi connectivity index (χ0) is 14.8. The van der Waals surface area contributed by atoms with Gasteiger partial charge in [-0.15, -0.1) is 0 Å². The van der Waals surface area contributed by atoms with Gasteiger partial charge in [0.2, 0.25) is 5.91 Å². The second kappa shape index (κ2) is 5.85. The smallest absolute Gasteiger partial charge is 0.318 e. The fraction of sp³-hybridized carbons (Fsp3) is 0.500. The van der Waals surface area contributed by atoms with Crippen LogP contribution >= 0.6 is 0 Å². The normalized spacial score (nSPS) is 20.3. The molecule has 0 aromatic heterocycles. The molecule has 1 aromatic carbocycles. The molecule has 1 saturated carbocycles. The van der Waals surface area contributed by atoms with Crippen molar-refractivity contribution in [1.29, 1.82) is 0 Å².